The quantitative estimate of drug-likeness (QED) is 0.499. The van der Waals surface area contributed by atoms with E-state index in [0.717, 1.165) is 37.4 Å². The van der Waals surface area contributed by atoms with Crippen molar-refractivity contribution in [1.29, 1.82) is 0 Å². The summed E-state index contributed by atoms with van der Waals surface area (Å²) in [4.78, 5) is 24.4. The molecule has 156 valence electrons. The highest BCUT2D eigenvalue weighted by Crippen LogP contribution is 2.29. The molecule has 0 amide bonds. The minimum Gasteiger partial charge on any atom is -0.493 e. The Hall–Kier alpha value is -2.80. The third-order valence-electron chi connectivity index (χ3n) is 5.23. The molecule has 3 rings (SSSR count). The van der Waals surface area contributed by atoms with Crippen LogP contribution < -0.4 is 9.47 Å². The maximum absolute atomic E-state index is 12.8. The lowest BCUT2D eigenvalue weighted by Crippen LogP contribution is -2.18. The largest absolute Gasteiger partial charge is 0.493 e. The summed E-state index contributed by atoms with van der Waals surface area (Å²) in [5.41, 5.74) is 2.94. The van der Waals surface area contributed by atoms with E-state index in [1.54, 1.807) is 12.1 Å². The van der Waals surface area contributed by atoms with Gasteiger partial charge in [-0.25, -0.2) is 4.79 Å². The molecule has 0 aliphatic carbocycles. The summed E-state index contributed by atoms with van der Waals surface area (Å²) >= 11 is 0. The van der Waals surface area contributed by atoms with Gasteiger partial charge in [0.25, 0.3) is 0 Å². The Balaban J connectivity index is 1.70. The number of carbonyl (C=O) groups is 2. The number of hydrogen-bond donors (Lipinski definition) is 0. The van der Waals surface area contributed by atoms with Crippen molar-refractivity contribution in [3.63, 3.8) is 0 Å². The van der Waals surface area contributed by atoms with Crippen LogP contribution in [0.4, 0.5) is 0 Å². The van der Waals surface area contributed by atoms with E-state index in [4.69, 9.17) is 18.9 Å². The van der Waals surface area contributed by atoms with Crippen LogP contribution in [0.5, 0.6) is 11.5 Å². The fourth-order valence-electron chi connectivity index (χ4n) is 3.61. The van der Waals surface area contributed by atoms with Crippen molar-refractivity contribution in [3.8, 4) is 11.5 Å². The van der Waals surface area contributed by atoms with Gasteiger partial charge in [-0.3, -0.25) is 4.79 Å². The topological polar surface area (TPSA) is 76.0 Å². The van der Waals surface area contributed by atoms with Crippen molar-refractivity contribution >= 4 is 11.8 Å². The predicted molar refractivity (Wildman–Crippen MR) is 107 cm³/mol. The van der Waals surface area contributed by atoms with E-state index in [-0.39, 0.29) is 18.5 Å². The fraction of sp³-hybridized carbons (Fsp3) is 0.455. The van der Waals surface area contributed by atoms with Gasteiger partial charge in [-0.15, -0.1) is 0 Å². The standard InChI is InChI=1S/C22H27NO6/c1-14-10-18(15(2)23(14)12-17-6-5-9-28-17)19(24)13-29-20-8-7-16(22(25)27-4)11-21(20)26-3/h7-8,10-11,17H,5-6,9,12-13H2,1-4H3/t17-/m0/s1. The number of aromatic nitrogens is 1. The molecular weight excluding hydrogens is 374 g/mol. The van der Waals surface area contributed by atoms with Gasteiger partial charge < -0.3 is 23.5 Å². The summed E-state index contributed by atoms with van der Waals surface area (Å²) in [6.07, 6.45) is 2.34. The second-order valence-corrected chi connectivity index (χ2v) is 7.10. The van der Waals surface area contributed by atoms with Crippen LogP contribution in [-0.4, -0.2) is 49.9 Å². The molecule has 0 radical (unpaired) electrons. The maximum atomic E-state index is 12.8. The van der Waals surface area contributed by atoms with E-state index in [0.29, 0.717) is 22.6 Å². The number of ketones is 1. The number of rotatable bonds is 8. The zero-order valence-electron chi connectivity index (χ0n) is 17.3. The van der Waals surface area contributed by atoms with Gasteiger partial charge in [-0.1, -0.05) is 0 Å². The van der Waals surface area contributed by atoms with E-state index < -0.39 is 5.97 Å². The Bertz CT molecular complexity index is 895. The third-order valence-corrected chi connectivity index (χ3v) is 5.23. The zero-order valence-corrected chi connectivity index (χ0v) is 17.3. The normalized spacial score (nSPS) is 15.9. The molecule has 0 bridgehead atoms. The number of aryl methyl sites for hydroxylation is 1. The van der Waals surface area contributed by atoms with Crippen LogP contribution in [0, 0.1) is 13.8 Å². The molecule has 7 nitrogen and oxygen atoms in total. The lowest BCUT2D eigenvalue weighted by atomic mass is 10.1. The van der Waals surface area contributed by atoms with Gasteiger partial charge in [0.05, 0.1) is 25.9 Å². The molecule has 0 N–H and O–H groups in total. The van der Waals surface area contributed by atoms with E-state index in [1.807, 2.05) is 19.9 Å². The number of methoxy groups -OCH3 is 2. The van der Waals surface area contributed by atoms with Gasteiger partial charge in [-0.05, 0) is 51.0 Å². The Kier molecular flexibility index (Phi) is 6.59. The van der Waals surface area contributed by atoms with E-state index >= 15 is 0 Å². The highest BCUT2D eigenvalue weighted by Gasteiger charge is 2.21. The molecule has 0 saturated carbocycles. The van der Waals surface area contributed by atoms with Crippen molar-refractivity contribution in [2.24, 2.45) is 0 Å². The molecule has 2 aromatic rings. The number of ether oxygens (including phenoxy) is 4. The Morgan fingerprint density at radius 1 is 1.17 bits per heavy atom. The second-order valence-electron chi connectivity index (χ2n) is 7.10. The second kappa shape index (κ2) is 9.13. The van der Waals surface area contributed by atoms with Crippen LogP contribution in [0.25, 0.3) is 0 Å². The predicted octanol–water partition coefficient (Wildman–Crippen LogP) is 3.34. The van der Waals surface area contributed by atoms with Crippen molar-refractivity contribution in [2.45, 2.75) is 39.3 Å². The number of benzene rings is 1. The summed E-state index contributed by atoms with van der Waals surface area (Å²) in [5.74, 6) is 0.173. The minimum absolute atomic E-state index is 0.115. The van der Waals surface area contributed by atoms with Crippen molar-refractivity contribution < 1.29 is 28.5 Å². The van der Waals surface area contributed by atoms with Gasteiger partial charge in [0.15, 0.2) is 18.1 Å². The summed E-state index contributed by atoms with van der Waals surface area (Å²) in [6, 6.07) is 6.59. The van der Waals surface area contributed by atoms with Crippen LogP contribution in [0.15, 0.2) is 24.3 Å². The highest BCUT2D eigenvalue weighted by atomic mass is 16.5. The number of nitrogens with zero attached hydrogens (tertiary/aromatic N) is 1. The van der Waals surface area contributed by atoms with Crippen LogP contribution >= 0.6 is 0 Å². The van der Waals surface area contributed by atoms with E-state index in [1.165, 1.54) is 20.3 Å². The average Bonchev–Trinajstić information content (AvgIpc) is 3.35. The maximum Gasteiger partial charge on any atom is 0.337 e. The third kappa shape index (κ3) is 4.62. The summed E-state index contributed by atoms with van der Waals surface area (Å²) < 4.78 is 23.5. The van der Waals surface area contributed by atoms with Crippen LogP contribution in [0.2, 0.25) is 0 Å². The first-order valence-corrected chi connectivity index (χ1v) is 9.65. The molecule has 1 aromatic carbocycles. The highest BCUT2D eigenvalue weighted by molar-refractivity contribution is 5.98. The molecule has 2 heterocycles. The first-order chi connectivity index (χ1) is 13.9. The zero-order chi connectivity index (χ0) is 21.0. The summed E-state index contributed by atoms with van der Waals surface area (Å²) in [7, 11) is 2.79. The first-order valence-electron chi connectivity index (χ1n) is 9.65. The molecule has 0 unspecified atom stereocenters. The van der Waals surface area contributed by atoms with Gasteiger partial charge in [-0.2, -0.15) is 0 Å². The average molecular weight is 401 g/mol. The molecular formula is C22H27NO6. The fourth-order valence-corrected chi connectivity index (χ4v) is 3.61. The van der Waals surface area contributed by atoms with Crippen molar-refractivity contribution in [1.82, 2.24) is 4.57 Å². The van der Waals surface area contributed by atoms with Crippen molar-refractivity contribution in [3.05, 3.63) is 46.8 Å². The molecule has 1 saturated heterocycles. The van der Waals surface area contributed by atoms with Crippen LogP contribution in [0.3, 0.4) is 0 Å². The lowest BCUT2D eigenvalue weighted by Gasteiger charge is -2.15. The number of esters is 1. The van der Waals surface area contributed by atoms with E-state index in [2.05, 4.69) is 4.57 Å². The Labute approximate surface area is 170 Å². The lowest BCUT2D eigenvalue weighted by molar-refractivity contribution is 0.0600. The molecule has 1 atom stereocenters. The van der Waals surface area contributed by atoms with Gasteiger partial charge in [0, 0.05) is 30.1 Å². The monoisotopic (exact) mass is 401 g/mol. The SMILES string of the molecule is COC(=O)c1ccc(OCC(=O)c2cc(C)n(C[C@@H]3CCCO3)c2C)c(OC)c1. The smallest absolute Gasteiger partial charge is 0.337 e. The summed E-state index contributed by atoms with van der Waals surface area (Å²) in [5, 5.41) is 0. The van der Waals surface area contributed by atoms with Gasteiger partial charge in [0.1, 0.15) is 0 Å². The molecule has 0 spiro atoms. The van der Waals surface area contributed by atoms with Crippen LogP contribution in [-0.2, 0) is 16.0 Å². The Morgan fingerprint density at radius 3 is 2.62 bits per heavy atom. The van der Waals surface area contributed by atoms with Gasteiger partial charge in [0.2, 0.25) is 5.78 Å². The molecule has 1 aromatic heterocycles. The number of hydrogen-bond acceptors (Lipinski definition) is 6. The molecule has 1 aliphatic rings. The van der Waals surface area contributed by atoms with E-state index in [9.17, 15) is 9.59 Å². The first kappa shape index (κ1) is 20.9. The summed E-state index contributed by atoms with van der Waals surface area (Å²) in [6.45, 7) is 5.38. The number of carbonyl (C=O) groups excluding carboxylic acids is 2. The van der Waals surface area contributed by atoms with Crippen LogP contribution in [0.1, 0.15) is 44.9 Å². The molecule has 1 aliphatic heterocycles. The van der Waals surface area contributed by atoms with Crippen molar-refractivity contribution in [2.75, 3.05) is 27.4 Å². The molecule has 29 heavy (non-hydrogen) atoms. The Morgan fingerprint density at radius 2 is 1.97 bits per heavy atom. The molecule has 1 fully saturated rings. The molecule has 7 heteroatoms. The number of Topliss-reactive ketones (excluding diaryl/α,β-unsaturated/α-hetero) is 1. The minimum atomic E-state index is -0.468. The van der Waals surface area contributed by atoms with Gasteiger partial charge >= 0.3 is 5.97 Å².